The fourth-order valence-corrected chi connectivity index (χ4v) is 11.2. The quantitative estimate of drug-likeness (QED) is 0.0420. The molecule has 2 fully saturated rings. The summed E-state index contributed by atoms with van der Waals surface area (Å²) in [6, 6.07) is 15.7. The van der Waals surface area contributed by atoms with E-state index in [1.165, 1.54) is 4.90 Å². The average molecular weight is 1130 g/mol. The number of aromatic nitrogens is 5. The van der Waals surface area contributed by atoms with Gasteiger partial charge in [0.2, 0.25) is 17.7 Å². The smallest absolute Gasteiger partial charge is 0.253 e. The van der Waals surface area contributed by atoms with E-state index in [1.54, 1.807) is 17.5 Å². The van der Waals surface area contributed by atoms with Crippen LogP contribution >= 0.6 is 11.3 Å². The van der Waals surface area contributed by atoms with Crippen molar-refractivity contribution in [1.82, 2.24) is 50.5 Å². The van der Waals surface area contributed by atoms with E-state index >= 15 is 0 Å². The molecule has 6 aromatic rings. The summed E-state index contributed by atoms with van der Waals surface area (Å²) >= 11 is 1.57. The van der Waals surface area contributed by atoms with Crippen molar-refractivity contribution in [2.45, 2.75) is 112 Å². The molecule has 4 amide bonds. The predicted octanol–water partition coefficient (Wildman–Crippen LogP) is 6.28. The molecular weight excluding hydrogens is 1050 g/mol. The third-order valence-corrected chi connectivity index (χ3v) is 16.2. The van der Waals surface area contributed by atoms with Crippen molar-refractivity contribution in [2.24, 2.45) is 5.41 Å². The van der Waals surface area contributed by atoms with Crippen LogP contribution in [0.1, 0.15) is 105 Å². The van der Waals surface area contributed by atoms with E-state index in [0.29, 0.717) is 30.9 Å². The molecule has 20 nitrogen and oxygen atoms in total. The standard InChI is InChI=1S/C60H79N11O9S/c1-10-39(4)71-50-29-45(28-47(49(50)33-64-71)56(74)62-32-48-37(2)27-38(3)65-57(48)75)44-15-16-52(61-31-44)69-19-17-68(18-20-69)21-22-78-23-24-79-25-26-80-35-53(73)67-55(60(7,8)9)59(77)70-34-46(72)30-51(70)58(76)66-40(5)42-11-13-43(14-12-42)54-41(6)63-36-81-54/h11-16,27-29,31,33,36,39-40,46,51,55,72H,10,17-26,30,32,34-35H2,1-9H3,(H,62,74)(H,65,75)(H,66,76)(H,67,73)/t39?,40?,46-,51+,55?/m1/s1. The number of nitrogens with zero attached hydrogens (tertiary/aromatic N) is 7. The van der Waals surface area contributed by atoms with E-state index in [9.17, 15) is 29.1 Å². The van der Waals surface area contributed by atoms with Crippen LogP contribution in [0.15, 0.2) is 77.3 Å². The number of pyridine rings is 2. The van der Waals surface area contributed by atoms with Crippen LogP contribution in [0.25, 0.3) is 32.5 Å². The summed E-state index contributed by atoms with van der Waals surface area (Å²) in [4.78, 5) is 86.6. The third kappa shape index (κ3) is 15.2. The monoisotopic (exact) mass is 1130 g/mol. The molecule has 2 saturated heterocycles. The van der Waals surface area contributed by atoms with E-state index in [0.717, 1.165) is 99.9 Å². The van der Waals surface area contributed by atoms with Crippen LogP contribution in [0.2, 0.25) is 0 Å². The number of H-pyrrole nitrogens is 1. The van der Waals surface area contributed by atoms with Gasteiger partial charge in [0.25, 0.3) is 11.5 Å². The van der Waals surface area contributed by atoms with Gasteiger partial charge in [-0.05, 0) is 99.0 Å². The zero-order valence-electron chi connectivity index (χ0n) is 48.2. The molecule has 0 radical (unpaired) electrons. The zero-order chi connectivity index (χ0) is 58.0. The Balaban J connectivity index is 0.720. The highest BCUT2D eigenvalue weighted by atomic mass is 32.1. The maximum absolute atomic E-state index is 14.1. The molecule has 0 bridgehead atoms. The third-order valence-electron chi connectivity index (χ3n) is 15.3. The van der Waals surface area contributed by atoms with Crippen LogP contribution in [-0.2, 0) is 35.1 Å². The lowest BCUT2D eigenvalue weighted by Gasteiger charge is -2.35. The van der Waals surface area contributed by atoms with E-state index in [4.69, 9.17) is 19.2 Å². The van der Waals surface area contributed by atoms with E-state index in [1.807, 2.05) is 113 Å². The summed E-state index contributed by atoms with van der Waals surface area (Å²) in [5.41, 5.74) is 8.97. The van der Waals surface area contributed by atoms with Crippen LogP contribution in [0, 0.1) is 26.2 Å². The number of carbonyl (C=O) groups excluding carboxylic acids is 4. The lowest BCUT2D eigenvalue weighted by molar-refractivity contribution is -0.144. The number of piperazine rings is 1. The highest BCUT2D eigenvalue weighted by molar-refractivity contribution is 7.13. The van der Waals surface area contributed by atoms with Gasteiger partial charge in [0.05, 0.1) is 78.5 Å². The summed E-state index contributed by atoms with van der Waals surface area (Å²) in [5, 5.41) is 24.9. The molecule has 5 atom stereocenters. The maximum atomic E-state index is 14.1. The minimum Gasteiger partial charge on any atom is -0.391 e. The molecule has 5 N–H and O–H groups in total. The molecule has 0 spiro atoms. The lowest BCUT2D eigenvalue weighted by atomic mass is 9.85. The second-order valence-corrected chi connectivity index (χ2v) is 23.2. The zero-order valence-corrected chi connectivity index (χ0v) is 49.0. The number of hydrogen-bond acceptors (Lipinski definition) is 15. The molecule has 0 saturated carbocycles. The number of fused-ring (bicyclic) bond motifs is 1. The number of rotatable bonds is 24. The van der Waals surface area contributed by atoms with Gasteiger partial charge in [0.1, 0.15) is 24.5 Å². The molecule has 21 heteroatoms. The van der Waals surface area contributed by atoms with Gasteiger partial charge in [-0.1, -0.05) is 52.0 Å². The first-order valence-corrected chi connectivity index (χ1v) is 28.9. The number of anilines is 1. The van der Waals surface area contributed by atoms with Crippen LogP contribution < -0.4 is 26.4 Å². The van der Waals surface area contributed by atoms with E-state index in [-0.39, 0.29) is 68.8 Å². The predicted molar refractivity (Wildman–Crippen MR) is 313 cm³/mol. The van der Waals surface area contributed by atoms with Gasteiger partial charge in [-0.25, -0.2) is 9.97 Å². The number of likely N-dealkylation sites (tertiary alicyclic amines) is 1. The van der Waals surface area contributed by atoms with Crippen molar-refractivity contribution in [1.29, 1.82) is 0 Å². The van der Waals surface area contributed by atoms with Gasteiger partial charge >= 0.3 is 0 Å². The Morgan fingerprint density at radius 1 is 0.852 bits per heavy atom. The van der Waals surface area contributed by atoms with Crippen molar-refractivity contribution in [2.75, 3.05) is 83.8 Å². The highest BCUT2D eigenvalue weighted by Gasteiger charge is 2.45. The average Bonchev–Trinajstić information content (AvgIpc) is 4.44. The van der Waals surface area contributed by atoms with Gasteiger partial charge in [0.15, 0.2) is 0 Å². The fraction of sp³-hybridized carbons (Fsp3) is 0.500. The number of hydrogen-bond donors (Lipinski definition) is 5. The molecule has 3 unspecified atom stereocenters. The number of amides is 4. The first-order valence-electron chi connectivity index (χ1n) is 28.0. The van der Waals surface area contributed by atoms with Gasteiger partial charge in [-0.3, -0.25) is 33.6 Å². The Bertz CT molecular complexity index is 3180. The Labute approximate surface area is 478 Å². The van der Waals surface area contributed by atoms with Crippen LogP contribution in [0.4, 0.5) is 5.82 Å². The summed E-state index contributed by atoms with van der Waals surface area (Å²) in [7, 11) is 0. The topological polar surface area (TPSA) is 238 Å². The maximum Gasteiger partial charge on any atom is 0.253 e. The number of aromatic amines is 1. The van der Waals surface area contributed by atoms with Gasteiger partial charge in [-0.2, -0.15) is 5.10 Å². The second-order valence-electron chi connectivity index (χ2n) is 22.3. The summed E-state index contributed by atoms with van der Waals surface area (Å²) in [6.07, 6.45) is 3.67. The molecule has 2 aromatic carbocycles. The molecule has 2 aliphatic rings. The SMILES string of the molecule is CCC(C)n1ncc2c(C(=O)NCc3c(C)cc(C)[nH]c3=O)cc(-c3ccc(N4CCN(CCOCCOCCOCC(=O)NC(C(=O)N5C[C@H](O)C[C@H]5C(=O)NC(C)c5ccc(-c6scnc6C)cc5)C(C)(C)C)CC4)nc3)cc21. The Morgan fingerprint density at radius 2 is 1.56 bits per heavy atom. The summed E-state index contributed by atoms with van der Waals surface area (Å²) in [6.45, 7) is 22.9. The normalized spacial score (nSPS) is 17.1. The fourth-order valence-electron chi connectivity index (χ4n) is 10.4. The highest BCUT2D eigenvalue weighted by Crippen LogP contribution is 2.33. The Kier molecular flexibility index (Phi) is 20.3. The largest absolute Gasteiger partial charge is 0.391 e. The van der Waals surface area contributed by atoms with Crippen molar-refractivity contribution in [3.8, 4) is 21.6 Å². The summed E-state index contributed by atoms with van der Waals surface area (Å²) in [5.74, 6) is -0.705. The number of β-amino-alcohol motifs (C(OH)–C–C–N with tert-alkyl or cyclic N) is 1. The Hall–Kier alpha value is -6.88. The van der Waals surface area contributed by atoms with Gasteiger partial charge < -0.3 is 50.1 Å². The first-order chi connectivity index (χ1) is 38.8. The summed E-state index contributed by atoms with van der Waals surface area (Å²) < 4.78 is 19.1. The number of benzene rings is 2. The molecule has 81 heavy (non-hydrogen) atoms. The number of ether oxygens (including phenoxy) is 3. The van der Waals surface area contributed by atoms with Crippen molar-refractivity contribution >= 4 is 51.7 Å². The number of thiazole rings is 1. The van der Waals surface area contributed by atoms with Gasteiger partial charge in [0, 0.05) is 86.7 Å². The van der Waals surface area contributed by atoms with Crippen molar-refractivity contribution < 1.29 is 38.5 Å². The lowest BCUT2D eigenvalue weighted by Crippen LogP contribution is -2.58. The number of aryl methyl sites for hydroxylation is 3. The van der Waals surface area contributed by atoms with E-state index < -0.39 is 35.4 Å². The first kappa shape index (κ1) is 60.2. The van der Waals surface area contributed by atoms with Crippen LogP contribution in [0.3, 0.4) is 0 Å². The van der Waals surface area contributed by atoms with Crippen LogP contribution in [0.5, 0.6) is 0 Å². The molecule has 2 aliphatic heterocycles. The van der Waals surface area contributed by atoms with Crippen molar-refractivity contribution in [3.05, 3.63) is 116 Å². The molecule has 4 aromatic heterocycles. The minimum atomic E-state index is -0.975. The molecule has 8 rings (SSSR count). The molecule has 434 valence electrons. The minimum absolute atomic E-state index is 0.0237. The van der Waals surface area contributed by atoms with Gasteiger partial charge in [-0.15, -0.1) is 11.3 Å². The van der Waals surface area contributed by atoms with Crippen molar-refractivity contribution in [3.63, 3.8) is 0 Å². The van der Waals surface area contributed by atoms with Crippen LogP contribution in [-0.4, -0.2) is 160 Å². The molecule has 6 heterocycles. The number of nitrogens with one attached hydrogen (secondary N) is 4. The number of aliphatic hydroxyl groups is 1. The van der Waals surface area contributed by atoms with E-state index in [2.05, 4.69) is 60.7 Å². The molecule has 0 aliphatic carbocycles. The second kappa shape index (κ2) is 27.3. The number of aliphatic hydroxyl groups excluding tert-OH is 1. The molecular formula is C60H79N11O9S. The number of carbonyl (C=O) groups is 4. The Morgan fingerprint density at radius 3 is 2.21 bits per heavy atom.